The summed E-state index contributed by atoms with van der Waals surface area (Å²) in [5.74, 6) is 1.06. The van der Waals surface area contributed by atoms with Crippen LogP contribution >= 0.6 is 11.8 Å². The molecule has 3 amide bonds. The molecule has 0 aliphatic rings. The van der Waals surface area contributed by atoms with Crippen LogP contribution in [0.3, 0.4) is 0 Å². The summed E-state index contributed by atoms with van der Waals surface area (Å²) < 4.78 is 0. The van der Waals surface area contributed by atoms with E-state index in [1.165, 1.54) is 11.8 Å². The first kappa shape index (κ1) is 21.4. The molecule has 0 radical (unpaired) electrons. The van der Waals surface area contributed by atoms with Crippen LogP contribution in [-0.4, -0.2) is 22.7 Å². The van der Waals surface area contributed by atoms with Gasteiger partial charge in [-0.1, -0.05) is 36.4 Å². The Hall–Kier alpha value is -3.32. The van der Waals surface area contributed by atoms with Gasteiger partial charge < -0.3 is 16.0 Å². The van der Waals surface area contributed by atoms with Gasteiger partial charge in [0.25, 0.3) is 0 Å². The topological polar surface area (TPSA) is 83.1 Å². The molecule has 1 atom stereocenters. The molecule has 0 spiro atoms. The van der Waals surface area contributed by atoms with E-state index in [1.54, 1.807) is 6.20 Å². The van der Waals surface area contributed by atoms with Gasteiger partial charge in [0.2, 0.25) is 5.91 Å². The normalized spacial score (nSPS) is 11.4. The van der Waals surface area contributed by atoms with E-state index in [-0.39, 0.29) is 18.0 Å². The number of hydrogen-bond acceptors (Lipinski definition) is 4. The van der Waals surface area contributed by atoms with E-state index < -0.39 is 0 Å². The second-order valence-corrected chi connectivity index (χ2v) is 7.66. The quantitative estimate of drug-likeness (QED) is 0.487. The monoisotopic (exact) mass is 420 g/mol. The van der Waals surface area contributed by atoms with Crippen molar-refractivity contribution in [2.75, 3.05) is 16.4 Å². The summed E-state index contributed by atoms with van der Waals surface area (Å²) >= 11 is 1.53. The molecule has 3 N–H and O–H groups in total. The van der Waals surface area contributed by atoms with Crippen molar-refractivity contribution >= 4 is 35.1 Å². The second-order valence-electron chi connectivity index (χ2n) is 6.67. The first-order chi connectivity index (χ1) is 14.6. The number of para-hydroxylation sites is 1. The van der Waals surface area contributed by atoms with E-state index in [9.17, 15) is 9.59 Å². The Morgan fingerprint density at radius 1 is 0.900 bits per heavy atom. The van der Waals surface area contributed by atoms with Crippen molar-refractivity contribution in [3.8, 4) is 0 Å². The van der Waals surface area contributed by atoms with Crippen LogP contribution in [0.5, 0.6) is 0 Å². The van der Waals surface area contributed by atoms with E-state index in [0.717, 1.165) is 16.9 Å². The number of pyridine rings is 1. The van der Waals surface area contributed by atoms with E-state index in [0.29, 0.717) is 17.2 Å². The van der Waals surface area contributed by atoms with Crippen molar-refractivity contribution in [2.45, 2.75) is 18.7 Å². The average molecular weight is 421 g/mol. The summed E-state index contributed by atoms with van der Waals surface area (Å²) in [7, 11) is 0. The number of aromatic nitrogens is 1. The Kier molecular flexibility index (Phi) is 7.86. The lowest BCUT2D eigenvalue weighted by Gasteiger charge is -2.15. The number of urea groups is 1. The van der Waals surface area contributed by atoms with Gasteiger partial charge in [-0.15, -0.1) is 11.8 Å². The number of thioether (sulfide) groups is 1. The molecule has 3 aromatic rings. The van der Waals surface area contributed by atoms with Gasteiger partial charge in [0.1, 0.15) is 0 Å². The molecule has 1 unspecified atom stereocenters. The Balaban J connectivity index is 1.43. The summed E-state index contributed by atoms with van der Waals surface area (Å²) in [6.45, 7) is 1.94. The third kappa shape index (κ3) is 6.93. The molecule has 0 aliphatic heterocycles. The minimum absolute atomic E-state index is 0.0205. The van der Waals surface area contributed by atoms with Crippen LogP contribution in [0.4, 0.5) is 16.2 Å². The molecule has 3 rings (SSSR count). The zero-order valence-electron chi connectivity index (χ0n) is 16.7. The Morgan fingerprint density at radius 3 is 2.23 bits per heavy atom. The van der Waals surface area contributed by atoms with Crippen molar-refractivity contribution in [1.29, 1.82) is 0 Å². The largest absolute Gasteiger partial charge is 0.349 e. The maximum absolute atomic E-state index is 12.2. The van der Waals surface area contributed by atoms with Crippen LogP contribution in [0, 0.1) is 0 Å². The van der Waals surface area contributed by atoms with Crippen molar-refractivity contribution in [1.82, 2.24) is 10.3 Å². The van der Waals surface area contributed by atoms with Crippen molar-refractivity contribution < 1.29 is 9.59 Å². The molecule has 6 nitrogen and oxygen atoms in total. The molecule has 0 fully saturated rings. The first-order valence-corrected chi connectivity index (χ1v) is 10.8. The summed E-state index contributed by atoms with van der Waals surface area (Å²) in [5.41, 5.74) is 3.33. The van der Waals surface area contributed by atoms with Crippen LogP contribution in [0.1, 0.15) is 24.2 Å². The van der Waals surface area contributed by atoms with Gasteiger partial charge in [0.05, 0.1) is 17.5 Å². The molecule has 154 valence electrons. The zero-order valence-corrected chi connectivity index (χ0v) is 17.5. The summed E-state index contributed by atoms with van der Waals surface area (Å²) in [5, 5.41) is 8.56. The molecule has 0 bridgehead atoms. The zero-order chi connectivity index (χ0) is 21.2. The van der Waals surface area contributed by atoms with E-state index in [2.05, 4.69) is 20.9 Å². The van der Waals surface area contributed by atoms with E-state index in [1.807, 2.05) is 79.7 Å². The van der Waals surface area contributed by atoms with Crippen molar-refractivity contribution in [3.63, 3.8) is 0 Å². The number of hydrogen-bond donors (Lipinski definition) is 3. The number of carbonyl (C=O) groups excluding carboxylic acids is 2. The highest BCUT2D eigenvalue weighted by molar-refractivity contribution is 7.99. The predicted molar refractivity (Wildman–Crippen MR) is 122 cm³/mol. The lowest BCUT2D eigenvalue weighted by Crippen LogP contribution is -2.28. The molecule has 7 heteroatoms. The molecule has 30 heavy (non-hydrogen) atoms. The van der Waals surface area contributed by atoms with Gasteiger partial charge >= 0.3 is 6.03 Å². The van der Waals surface area contributed by atoms with Gasteiger partial charge in [0, 0.05) is 23.3 Å². The number of nitrogens with zero attached hydrogens (tertiary/aromatic N) is 1. The number of nitrogens with one attached hydrogen (secondary N) is 3. The molecule has 0 saturated heterocycles. The molecule has 0 aliphatic carbocycles. The fourth-order valence-corrected chi connectivity index (χ4v) is 3.52. The molecule has 1 heterocycles. The highest BCUT2D eigenvalue weighted by Crippen LogP contribution is 2.17. The van der Waals surface area contributed by atoms with Crippen molar-refractivity contribution in [3.05, 3.63) is 90.3 Å². The number of carbonyl (C=O) groups is 2. The van der Waals surface area contributed by atoms with E-state index >= 15 is 0 Å². The SMILES string of the molecule is CC(NC(=O)CSCc1ccccn1)c1ccc(NC(=O)Nc2ccccc2)cc1. The molecule has 1 aromatic heterocycles. The molecular formula is C23H24N4O2S. The standard InChI is InChI=1S/C23H24N4O2S/c1-17(25-22(28)16-30-15-21-9-5-6-14-24-21)18-10-12-20(13-11-18)27-23(29)26-19-7-3-2-4-8-19/h2-14,17H,15-16H2,1H3,(H,25,28)(H2,26,27,29). The lowest BCUT2D eigenvalue weighted by atomic mass is 10.1. The third-order valence-electron chi connectivity index (χ3n) is 4.29. The van der Waals surface area contributed by atoms with Crippen LogP contribution in [0.2, 0.25) is 0 Å². The third-order valence-corrected chi connectivity index (χ3v) is 5.25. The highest BCUT2D eigenvalue weighted by atomic mass is 32.2. The predicted octanol–water partition coefficient (Wildman–Crippen LogP) is 4.84. The molecular weight excluding hydrogens is 396 g/mol. The van der Waals surface area contributed by atoms with Gasteiger partial charge in [-0.2, -0.15) is 0 Å². The lowest BCUT2D eigenvalue weighted by molar-refractivity contribution is -0.119. The Bertz CT molecular complexity index is 950. The number of rotatable bonds is 8. The molecule has 0 saturated carbocycles. The van der Waals surface area contributed by atoms with Gasteiger partial charge in [0.15, 0.2) is 0 Å². The number of benzene rings is 2. The van der Waals surface area contributed by atoms with Gasteiger partial charge in [-0.05, 0) is 48.9 Å². The summed E-state index contributed by atoms with van der Waals surface area (Å²) in [6, 6.07) is 22.0. The fraction of sp³-hybridized carbons (Fsp3) is 0.174. The van der Waals surface area contributed by atoms with Crippen LogP contribution < -0.4 is 16.0 Å². The Labute approximate surface area is 180 Å². The minimum atomic E-state index is -0.305. The van der Waals surface area contributed by atoms with Crippen molar-refractivity contribution in [2.24, 2.45) is 0 Å². The first-order valence-electron chi connectivity index (χ1n) is 9.60. The maximum atomic E-state index is 12.2. The smallest absolute Gasteiger partial charge is 0.323 e. The Morgan fingerprint density at radius 2 is 1.57 bits per heavy atom. The number of anilines is 2. The van der Waals surface area contributed by atoms with E-state index in [4.69, 9.17) is 0 Å². The van der Waals surface area contributed by atoms with Gasteiger partial charge in [-0.3, -0.25) is 9.78 Å². The highest BCUT2D eigenvalue weighted by Gasteiger charge is 2.10. The van der Waals surface area contributed by atoms with Gasteiger partial charge in [-0.25, -0.2) is 4.79 Å². The fourth-order valence-electron chi connectivity index (χ4n) is 2.77. The second kappa shape index (κ2) is 11.0. The molecule has 2 aromatic carbocycles. The summed E-state index contributed by atoms with van der Waals surface area (Å²) in [4.78, 5) is 28.5. The van der Waals surface area contributed by atoms with Crippen LogP contribution in [-0.2, 0) is 10.5 Å². The minimum Gasteiger partial charge on any atom is -0.349 e. The average Bonchev–Trinajstić information content (AvgIpc) is 2.75. The maximum Gasteiger partial charge on any atom is 0.323 e. The van der Waals surface area contributed by atoms with Crippen LogP contribution in [0.25, 0.3) is 0 Å². The number of amides is 3. The summed E-state index contributed by atoms with van der Waals surface area (Å²) in [6.07, 6.45) is 1.75. The van der Waals surface area contributed by atoms with Crippen LogP contribution in [0.15, 0.2) is 79.0 Å².